The monoisotopic (exact) mass is 350 g/mol. The van der Waals surface area contributed by atoms with Crippen LogP contribution >= 0.6 is 0 Å². The summed E-state index contributed by atoms with van der Waals surface area (Å²) >= 11 is 0. The Morgan fingerprint density at radius 2 is 2.08 bits per heavy atom. The van der Waals surface area contributed by atoms with Crippen molar-refractivity contribution in [1.82, 2.24) is 9.80 Å². The Morgan fingerprint density at radius 3 is 2.84 bits per heavy atom. The second-order valence-corrected chi connectivity index (χ2v) is 7.09. The van der Waals surface area contributed by atoms with Gasteiger partial charge in [-0.05, 0) is 44.0 Å². The Morgan fingerprint density at radius 1 is 1.24 bits per heavy atom. The highest BCUT2D eigenvalue weighted by Crippen LogP contribution is 2.40. The van der Waals surface area contributed by atoms with Gasteiger partial charge in [0.2, 0.25) is 5.91 Å². The Balaban J connectivity index is 1.71. The third kappa shape index (κ3) is 3.80. The molecule has 1 atom stereocenters. The minimum absolute atomic E-state index is 0.167. The number of benzene rings is 1. The van der Waals surface area contributed by atoms with Crippen molar-refractivity contribution in [3.63, 3.8) is 0 Å². The van der Waals surface area contributed by atoms with E-state index >= 15 is 0 Å². The van der Waals surface area contributed by atoms with Crippen molar-refractivity contribution in [3.8, 4) is 5.75 Å². The van der Waals surface area contributed by atoms with E-state index in [0.29, 0.717) is 31.0 Å². The lowest BCUT2D eigenvalue weighted by atomic mass is 9.78. The van der Waals surface area contributed by atoms with Crippen molar-refractivity contribution >= 4 is 5.91 Å². The van der Waals surface area contributed by atoms with Gasteiger partial charge in [0.1, 0.15) is 11.6 Å². The van der Waals surface area contributed by atoms with E-state index in [0.717, 1.165) is 38.9 Å². The van der Waals surface area contributed by atoms with E-state index in [2.05, 4.69) is 4.90 Å². The van der Waals surface area contributed by atoms with Crippen LogP contribution in [0.15, 0.2) is 18.2 Å². The first-order valence-corrected chi connectivity index (χ1v) is 8.91. The molecule has 3 rings (SSSR count). The van der Waals surface area contributed by atoms with Crippen molar-refractivity contribution < 1.29 is 18.7 Å². The highest BCUT2D eigenvalue weighted by molar-refractivity contribution is 5.84. The number of halogens is 1. The van der Waals surface area contributed by atoms with Crippen LogP contribution < -0.4 is 4.74 Å². The van der Waals surface area contributed by atoms with E-state index in [1.807, 2.05) is 4.90 Å². The Hall–Kier alpha value is -1.66. The Bertz CT molecular complexity index is 625. The molecule has 138 valence electrons. The van der Waals surface area contributed by atoms with E-state index < -0.39 is 0 Å². The third-order valence-corrected chi connectivity index (χ3v) is 5.48. The molecule has 2 heterocycles. The molecule has 0 bridgehead atoms. The van der Waals surface area contributed by atoms with Crippen molar-refractivity contribution in [2.75, 3.05) is 47.0 Å². The minimum atomic E-state index is -0.304. The number of nitrogens with zero attached hydrogens (tertiary/aromatic N) is 2. The largest absolute Gasteiger partial charge is 0.497 e. The molecule has 6 heteroatoms. The molecular formula is C19H27FN2O3. The summed E-state index contributed by atoms with van der Waals surface area (Å²) in [5.41, 5.74) is 0.209. The van der Waals surface area contributed by atoms with Gasteiger partial charge < -0.3 is 14.4 Å². The van der Waals surface area contributed by atoms with Gasteiger partial charge >= 0.3 is 0 Å². The zero-order chi connectivity index (χ0) is 17.9. The van der Waals surface area contributed by atoms with Crippen LogP contribution in [0.5, 0.6) is 5.75 Å². The Labute approximate surface area is 148 Å². The molecule has 2 saturated heterocycles. The zero-order valence-electron chi connectivity index (χ0n) is 15.1. The normalized spacial score (nSPS) is 24.3. The predicted octanol–water partition coefficient (Wildman–Crippen LogP) is 2.30. The van der Waals surface area contributed by atoms with E-state index in [9.17, 15) is 9.18 Å². The lowest BCUT2D eigenvalue weighted by molar-refractivity contribution is -0.146. The number of piperidine rings is 1. The van der Waals surface area contributed by atoms with Gasteiger partial charge in [-0.2, -0.15) is 0 Å². The van der Waals surface area contributed by atoms with Crippen molar-refractivity contribution in [3.05, 3.63) is 29.6 Å². The quantitative estimate of drug-likeness (QED) is 0.789. The topological polar surface area (TPSA) is 42.0 Å². The van der Waals surface area contributed by atoms with Crippen LogP contribution in [0.4, 0.5) is 4.39 Å². The summed E-state index contributed by atoms with van der Waals surface area (Å²) in [4.78, 5) is 17.3. The van der Waals surface area contributed by atoms with E-state index in [1.165, 1.54) is 6.07 Å². The van der Waals surface area contributed by atoms with Gasteiger partial charge in [0.05, 0.1) is 19.1 Å². The number of methoxy groups -OCH3 is 2. The van der Waals surface area contributed by atoms with Gasteiger partial charge in [0.25, 0.3) is 0 Å². The van der Waals surface area contributed by atoms with Crippen LogP contribution in [0.1, 0.15) is 24.8 Å². The number of likely N-dealkylation sites (tertiary alicyclic amines) is 2. The van der Waals surface area contributed by atoms with Crippen LogP contribution in [0, 0.1) is 11.2 Å². The molecule has 2 aliphatic rings. The maximum Gasteiger partial charge on any atom is 0.230 e. The van der Waals surface area contributed by atoms with Gasteiger partial charge in [-0.1, -0.05) is 0 Å². The number of carbonyl (C=O) groups is 1. The minimum Gasteiger partial charge on any atom is -0.497 e. The maximum atomic E-state index is 14.1. The molecule has 5 nitrogen and oxygen atoms in total. The van der Waals surface area contributed by atoms with Crippen molar-refractivity contribution in [2.45, 2.75) is 25.8 Å². The maximum absolute atomic E-state index is 14.1. The highest BCUT2D eigenvalue weighted by Gasteiger charge is 2.48. The van der Waals surface area contributed by atoms with Crippen LogP contribution in [-0.2, 0) is 16.1 Å². The SMILES string of the molecule is COCCN1CC[C@]2(CCCN(Cc3cc(OC)ccc3F)C2=O)C1. The number of hydrogen-bond donors (Lipinski definition) is 0. The fraction of sp³-hybridized carbons (Fsp3) is 0.632. The molecule has 0 unspecified atom stereocenters. The number of ether oxygens (including phenoxy) is 2. The molecule has 0 saturated carbocycles. The summed E-state index contributed by atoms with van der Waals surface area (Å²) in [6, 6.07) is 4.69. The van der Waals surface area contributed by atoms with E-state index in [4.69, 9.17) is 9.47 Å². The average Bonchev–Trinajstić information content (AvgIpc) is 3.03. The molecule has 1 amide bonds. The van der Waals surface area contributed by atoms with Gasteiger partial charge in [-0.3, -0.25) is 9.69 Å². The molecule has 25 heavy (non-hydrogen) atoms. The summed E-state index contributed by atoms with van der Waals surface area (Å²) < 4.78 is 24.5. The molecule has 1 aromatic carbocycles. The number of amides is 1. The second-order valence-electron chi connectivity index (χ2n) is 7.09. The summed E-state index contributed by atoms with van der Waals surface area (Å²) in [6.07, 6.45) is 2.77. The molecular weight excluding hydrogens is 323 g/mol. The second kappa shape index (κ2) is 7.70. The Kier molecular flexibility index (Phi) is 5.59. The van der Waals surface area contributed by atoms with Crippen LogP contribution in [-0.4, -0.2) is 62.7 Å². The molecule has 2 aliphatic heterocycles. The molecule has 0 aromatic heterocycles. The van der Waals surface area contributed by atoms with Crippen LogP contribution in [0.25, 0.3) is 0 Å². The standard InChI is InChI=1S/C19H27FN2O3/c1-24-11-10-21-9-7-19(14-21)6-3-8-22(18(19)23)13-15-12-16(25-2)4-5-17(15)20/h4-5,12H,3,6-11,13-14H2,1-2H3/t19-/m1/s1. The smallest absolute Gasteiger partial charge is 0.230 e. The fourth-order valence-corrected chi connectivity index (χ4v) is 4.06. The van der Waals surface area contributed by atoms with E-state index in [1.54, 1.807) is 26.4 Å². The van der Waals surface area contributed by atoms with Gasteiger partial charge in [-0.25, -0.2) is 4.39 Å². The lowest BCUT2D eigenvalue weighted by Crippen LogP contribution is -2.49. The summed E-state index contributed by atoms with van der Waals surface area (Å²) in [5, 5.41) is 0. The summed E-state index contributed by atoms with van der Waals surface area (Å²) in [6.45, 7) is 4.25. The predicted molar refractivity (Wildman–Crippen MR) is 93.0 cm³/mol. The number of hydrogen-bond acceptors (Lipinski definition) is 4. The molecule has 0 radical (unpaired) electrons. The van der Waals surface area contributed by atoms with Crippen molar-refractivity contribution in [2.24, 2.45) is 5.41 Å². The molecule has 0 aliphatic carbocycles. The molecule has 1 spiro atoms. The van der Waals surface area contributed by atoms with Gasteiger partial charge in [-0.15, -0.1) is 0 Å². The highest BCUT2D eigenvalue weighted by atomic mass is 19.1. The molecule has 1 aromatic rings. The van der Waals surface area contributed by atoms with Crippen molar-refractivity contribution in [1.29, 1.82) is 0 Å². The number of carbonyl (C=O) groups excluding carboxylic acids is 1. The number of rotatable bonds is 6. The summed E-state index contributed by atoms with van der Waals surface area (Å²) in [5.74, 6) is 0.490. The first kappa shape index (κ1) is 18.1. The van der Waals surface area contributed by atoms with Crippen LogP contribution in [0.2, 0.25) is 0 Å². The van der Waals surface area contributed by atoms with Gasteiger partial charge in [0.15, 0.2) is 0 Å². The first-order chi connectivity index (χ1) is 12.1. The van der Waals surface area contributed by atoms with Gasteiger partial charge in [0, 0.05) is 38.9 Å². The lowest BCUT2D eigenvalue weighted by Gasteiger charge is -2.39. The third-order valence-electron chi connectivity index (χ3n) is 5.48. The average molecular weight is 350 g/mol. The van der Waals surface area contributed by atoms with E-state index in [-0.39, 0.29) is 17.1 Å². The first-order valence-electron chi connectivity index (χ1n) is 8.91. The fourth-order valence-electron chi connectivity index (χ4n) is 4.06. The summed E-state index contributed by atoms with van der Waals surface area (Å²) in [7, 11) is 3.26. The molecule has 0 N–H and O–H groups in total. The van der Waals surface area contributed by atoms with Crippen LogP contribution in [0.3, 0.4) is 0 Å². The zero-order valence-corrected chi connectivity index (χ0v) is 15.1. The molecule has 2 fully saturated rings.